The third kappa shape index (κ3) is 2.80. The molecule has 1 saturated carbocycles. The zero-order valence-corrected chi connectivity index (χ0v) is 13.7. The molecule has 21 heavy (non-hydrogen) atoms. The minimum Gasteiger partial charge on any atom is -0.382 e. The molecule has 1 heterocycles. The summed E-state index contributed by atoms with van der Waals surface area (Å²) in [6, 6.07) is 0. The second-order valence-corrected chi connectivity index (χ2v) is 6.57. The predicted molar refractivity (Wildman–Crippen MR) is 80.8 cm³/mol. The molecule has 0 bridgehead atoms. The third-order valence-corrected chi connectivity index (χ3v) is 5.10. The van der Waals surface area contributed by atoms with Crippen molar-refractivity contribution in [3.05, 3.63) is 0 Å². The molecule has 2 unspecified atom stereocenters. The highest BCUT2D eigenvalue weighted by atomic mass is 16.5. The summed E-state index contributed by atoms with van der Waals surface area (Å²) in [5.74, 6) is 0.352. The molecule has 2 rings (SSSR count). The monoisotopic (exact) mass is 296 g/mol. The van der Waals surface area contributed by atoms with E-state index in [-0.39, 0.29) is 11.8 Å². The molecular formula is C16H28N2O3. The topological polar surface area (TPSA) is 58.6 Å². The van der Waals surface area contributed by atoms with E-state index < -0.39 is 11.1 Å². The van der Waals surface area contributed by atoms with Gasteiger partial charge in [-0.15, -0.1) is 0 Å². The van der Waals surface area contributed by atoms with Crippen LogP contribution in [0.15, 0.2) is 0 Å². The summed E-state index contributed by atoms with van der Waals surface area (Å²) in [7, 11) is 0. The van der Waals surface area contributed by atoms with Gasteiger partial charge in [-0.05, 0) is 52.4 Å². The predicted octanol–water partition coefficient (Wildman–Crippen LogP) is 1.71. The van der Waals surface area contributed by atoms with Crippen molar-refractivity contribution < 1.29 is 14.3 Å². The Balaban J connectivity index is 2.17. The van der Waals surface area contributed by atoms with Crippen molar-refractivity contribution in [1.82, 2.24) is 10.2 Å². The summed E-state index contributed by atoms with van der Waals surface area (Å²) < 4.78 is 5.36. The Morgan fingerprint density at radius 2 is 1.95 bits per heavy atom. The van der Waals surface area contributed by atoms with Crippen LogP contribution < -0.4 is 5.32 Å². The second-order valence-electron chi connectivity index (χ2n) is 6.57. The van der Waals surface area contributed by atoms with Crippen molar-refractivity contribution in [2.75, 3.05) is 19.8 Å². The number of carbonyl (C=O) groups excluding carboxylic acids is 2. The van der Waals surface area contributed by atoms with E-state index in [0.29, 0.717) is 32.1 Å². The van der Waals surface area contributed by atoms with E-state index in [1.165, 1.54) is 0 Å². The van der Waals surface area contributed by atoms with E-state index in [0.717, 1.165) is 19.3 Å². The van der Waals surface area contributed by atoms with Gasteiger partial charge in [-0.3, -0.25) is 9.59 Å². The van der Waals surface area contributed by atoms with Gasteiger partial charge in [-0.2, -0.15) is 0 Å². The lowest BCUT2D eigenvalue weighted by Gasteiger charge is -2.50. The lowest BCUT2D eigenvalue weighted by Crippen LogP contribution is -2.74. The molecule has 1 aliphatic carbocycles. The first-order valence-corrected chi connectivity index (χ1v) is 8.12. The summed E-state index contributed by atoms with van der Waals surface area (Å²) >= 11 is 0. The Kier molecular flexibility index (Phi) is 4.61. The Morgan fingerprint density at radius 1 is 1.29 bits per heavy atom. The van der Waals surface area contributed by atoms with Gasteiger partial charge in [0.05, 0.1) is 0 Å². The van der Waals surface area contributed by atoms with Crippen LogP contribution in [0.2, 0.25) is 0 Å². The van der Waals surface area contributed by atoms with E-state index >= 15 is 0 Å². The first-order valence-electron chi connectivity index (χ1n) is 8.12. The SMILES string of the molecule is CCOCCCN1C(=O)C(C)(C2CC2)NC(=O)C1(C)CC. The van der Waals surface area contributed by atoms with Crippen molar-refractivity contribution in [3.63, 3.8) is 0 Å². The molecule has 5 heteroatoms. The van der Waals surface area contributed by atoms with Crippen molar-refractivity contribution >= 4 is 11.8 Å². The van der Waals surface area contributed by atoms with Crippen LogP contribution in [0.25, 0.3) is 0 Å². The minimum absolute atomic E-state index is 0.0181. The molecule has 5 nitrogen and oxygen atoms in total. The summed E-state index contributed by atoms with van der Waals surface area (Å²) in [5, 5.41) is 3.02. The second kappa shape index (κ2) is 5.95. The first-order chi connectivity index (χ1) is 9.90. The molecule has 2 fully saturated rings. The molecule has 0 aromatic carbocycles. The number of ether oxygens (including phenoxy) is 1. The number of hydrogen-bond donors (Lipinski definition) is 1. The number of rotatable bonds is 7. The normalized spacial score (nSPS) is 33.2. The van der Waals surface area contributed by atoms with Crippen molar-refractivity contribution in [3.8, 4) is 0 Å². The maximum atomic E-state index is 13.0. The fourth-order valence-corrected chi connectivity index (χ4v) is 3.16. The lowest BCUT2D eigenvalue weighted by atomic mass is 9.82. The molecule has 0 aromatic rings. The van der Waals surface area contributed by atoms with Crippen LogP contribution in [0.1, 0.15) is 53.4 Å². The number of nitrogens with one attached hydrogen (secondary N) is 1. The average molecular weight is 296 g/mol. The van der Waals surface area contributed by atoms with Gasteiger partial charge >= 0.3 is 0 Å². The van der Waals surface area contributed by atoms with E-state index in [2.05, 4.69) is 5.32 Å². The average Bonchev–Trinajstić information content (AvgIpc) is 3.29. The number of nitrogens with zero attached hydrogens (tertiary/aromatic N) is 1. The maximum absolute atomic E-state index is 13.0. The Morgan fingerprint density at radius 3 is 2.48 bits per heavy atom. The molecule has 2 atom stereocenters. The summed E-state index contributed by atoms with van der Waals surface area (Å²) in [4.78, 5) is 27.4. The molecule has 2 aliphatic rings. The van der Waals surface area contributed by atoms with Gasteiger partial charge < -0.3 is 15.0 Å². The van der Waals surface area contributed by atoms with E-state index in [4.69, 9.17) is 4.74 Å². The smallest absolute Gasteiger partial charge is 0.249 e. The molecular weight excluding hydrogens is 268 g/mol. The molecule has 1 aliphatic heterocycles. The van der Waals surface area contributed by atoms with E-state index in [1.54, 1.807) is 4.90 Å². The maximum Gasteiger partial charge on any atom is 0.249 e. The highest BCUT2D eigenvalue weighted by molar-refractivity contribution is 6.02. The van der Waals surface area contributed by atoms with Crippen molar-refractivity contribution in [2.24, 2.45) is 5.92 Å². The molecule has 0 radical (unpaired) electrons. The highest BCUT2D eigenvalue weighted by Crippen LogP contribution is 2.44. The molecule has 1 N–H and O–H groups in total. The largest absolute Gasteiger partial charge is 0.382 e. The number of carbonyl (C=O) groups is 2. The quantitative estimate of drug-likeness (QED) is 0.728. The summed E-state index contributed by atoms with van der Waals surface area (Å²) in [6.45, 7) is 9.56. The fraction of sp³-hybridized carbons (Fsp3) is 0.875. The number of amides is 2. The summed E-state index contributed by atoms with van der Waals surface area (Å²) in [5.41, 5.74) is -1.45. The van der Waals surface area contributed by atoms with Crippen LogP contribution in [0, 0.1) is 5.92 Å². The molecule has 0 aromatic heterocycles. The standard InChI is InChI=1S/C16H28N2O3/c1-5-15(3)13(19)17-16(4,12-8-9-12)14(20)18(15)10-7-11-21-6-2/h12H,5-11H2,1-4H3,(H,17,19). The van der Waals surface area contributed by atoms with Gasteiger partial charge in [-0.25, -0.2) is 0 Å². The van der Waals surface area contributed by atoms with Crippen molar-refractivity contribution in [2.45, 2.75) is 64.5 Å². The van der Waals surface area contributed by atoms with E-state index in [1.807, 2.05) is 27.7 Å². The zero-order chi connectivity index (χ0) is 15.7. The zero-order valence-electron chi connectivity index (χ0n) is 13.7. The Bertz CT molecular complexity index is 422. The minimum atomic E-state index is -0.738. The molecule has 1 saturated heterocycles. The third-order valence-electron chi connectivity index (χ3n) is 5.10. The number of hydrogen-bond acceptors (Lipinski definition) is 3. The van der Waals surface area contributed by atoms with Crippen LogP contribution in [0.3, 0.4) is 0 Å². The lowest BCUT2D eigenvalue weighted by molar-refractivity contribution is -0.163. The van der Waals surface area contributed by atoms with E-state index in [9.17, 15) is 9.59 Å². The fourth-order valence-electron chi connectivity index (χ4n) is 3.16. The highest BCUT2D eigenvalue weighted by Gasteiger charge is 2.58. The van der Waals surface area contributed by atoms with Crippen LogP contribution in [-0.2, 0) is 14.3 Å². The number of piperazine rings is 1. The van der Waals surface area contributed by atoms with Crippen LogP contribution in [0.4, 0.5) is 0 Å². The molecule has 0 spiro atoms. The van der Waals surface area contributed by atoms with Gasteiger partial charge in [-0.1, -0.05) is 6.92 Å². The van der Waals surface area contributed by atoms with Gasteiger partial charge in [0.2, 0.25) is 11.8 Å². The van der Waals surface area contributed by atoms with Gasteiger partial charge in [0.15, 0.2) is 0 Å². The molecule has 120 valence electrons. The van der Waals surface area contributed by atoms with Gasteiger partial charge in [0.1, 0.15) is 11.1 Å². The van der Waals surface area contributed by atoms with Gasteiger partial charge in [0.25, 0.3) is 0 Å². The van der Waals surface area contributed by atoms with Crippen LogP contribution >= 0.6 is 0 Å². The van der Waals surface area contributed by atoms with Crippen LogP contribution in [-0.4, -0.2) is 47.6 Å². The van der Waals surface area contributed by atoms with Crippen molar-refractivity contribution in [1.29, 1.82) is 0 Å². The van der Waals surface area contributed by atoms with Crippen LogP contribution in [0.5, 0.6) is 0 Å². The Labute approximate surface area is 127 Å². The first kappa shape index (κ1) is 16.3. The van der Waals surface area contributed by atoms with Gasteiger partial charge in [0, 0.05) is 19.8 Å². The summed E-state index contributed by atoms with van der Waals surface area (Å²) in [6.07, 6.45) is 3.44. The molecule has 2 amide bonds. The Hall–Kier alpha value is -1.10.